The van der Waals surface area contributed by atoms with Crippen molar-refractivity contribution in [1.82, 2.24) is 5.32 Å². The Bertz CT molecular complexity index is 450. The molecule has 1 N–H and O–H groups in total. The Balaban J connectivity index is 1.90. The van der Waals surface area contributed by atoms with E-state index in [4.69, 9.17) is 0 Å². The monoisotopic (exact) mass is 243 g/mol. The molecule has 0 aromatic heterocycles. The minimum atomic E-state index is 0.0871. The van der Waals surface area contributed by atoms with E-state index in [-0.39, 0.29) is 11.9 Å². The van der Waals surface area contributed by atoms with Gasteiger partial charge in [0.1, 0.15) is 0 Å². The van der Waals surface area contributed by atoms with Crippen molar-refractivity contribution < 1.29 is 4.79 Å². The average molecular weight is 243 g/mol. The van der Waals surface area contributed by atoms with E-state index in [0.717, 1.165) is 12.8 Å². The lowest BCUT2D eigenvalue weighted by atomic mass is 10.0. The SMILES string of the molecule is Cc1ccccc1C(C)NC(=O)CC1C=CCC1. The second kappa shape index (κ2) is 5.85. The lowest BCUT2D eigenvalue weighted by molar-refractivity contribution is -0.122. The molecule has 1 aliphatic rings. The third kappa shape index (κ3) is 3.22. The first-order valence-electron chi connectivity index (χ1n) is 6.68. The first-order valence-corrected chi connectivity index (χ1v) is 6.68. The summed E-state index contributed by atoms with van der Waals surface area (Å²) < 4.78 is 0. The Morgan fingerprint density at radius 3 is 2.89 bits per heavy atom. The molecule has 0 bridgehead atoms. The molecule has 0 fully saturated rings. The largest absolute Gasteiger partial charge is 0.350 e. The summed E-state index contributed by atoms with van der Waals surface area (Å²) in [5, 5.41) is 3.09. The molecule has 18 heavy (non-hydrogen) atoms. The molecule has 2 heteroatoms. The first kappa shape index (κ1) is 12.9. The number of rotatable bonds is 4. The number of nitrogens with one attached hydrogen (secondary N) is 1. The van der Waals surface area contributed by atoms with Crippen molar-refractivity contribution in [3.05, 3.63) is 47.5 Å². The number of carbonyl (C=O) groups is 1. The first-order chi connectivity index (χ1) is 8.66. The van der Waals surface area contributed by atoms with E-state index in [1.807, 2.05) is 19.1 Å². The Kier molecular flexibility index (Phi) is 4.19. The van der Waals surface area contributed by atoms with E-state index in [1.165, 1.54) is 11.1 Å². The smallest absolute Gasteiger partial charge is 0.221 e. The van der Waals surface area contributed by atoms with Gasteiger partial charge in [-0.1, -0.05) is 36.4 Å². The van der Waals surface area contributed by atoms with E-state index in [1.54, 1.807) is 0 Å². The van der Waals surface area contributed by atoms with Gasteiger partial charge in [0.15, 0.2) is 0 Å². The van der Waals surface area contributed by atoms with Gasteiger partial charge in [-0.05, 0) is 43.7 Å². The van der Waals surface area contributed by atoms with Crippen LogP contribution in [-0.2, 0) is 4.79 Å². The second-order valence-corrected chi connectivity index (χ2v) is 5.12. The van der Waals surface area contributed by atoms with Crippen LogP contribution in [0, 0.1) is 12.8 Å². The fourth-order valence-corrected chi connectivity index (χ4v) is 2.55. The van der Waals surface area contributed by atoms with Crippen LogP contribution in [0.3, 0.4) is 0 Å². The highest BCUT2D eigenvalue weighted by Gasteiger charge is 2.16. The van der Waals surface area contributed by atoms with E-state index in [9.17, 15) is 4.79 Å². The van der Waals surface area contributed by atoms with Gasteiger partial charge in [0, 0.05) is 6.42 Å². The highest BCUT2D eigenvalue weighted by atomic mass is 16.1. The molecule has 2 nitrogen and oxygen atoms in total. The molecule has 2 rings (SSSR count). The maximum Gasteiger partial charge on any atom is 0.221 e. The maximum absolute atomic E-state index is 11.9. The van der Waals surface area contributed by atoms with Gasteiger partial charge in [-0.15, -0.1) is 0 Å². The van der Waals surface area contributed by atoms with Crippen molar-refractivity contribution in [3.63, 3.8) is 0 Å². The molecule has 2 atom stereocenters. The molecule has 1 amide bonds. The summed E-state index contributed by atoms with van der Waals surface area (Å²) >= 11 is 0. The molecule has 0 heterocycles. The lowest BCUT2D eigenvalue weighted by Gasteiger charge is -2.17. The third-order valence-corrected chi connectivity index (χ3v) is 3.59. The van der Waals surface area contributed by atoms with Crippen LogP contribution >= 0.6 is 0 Å². The van der Waals surface area contributed by atoms with Crippen LogP contribution in [0.5, 0.6) is 0 Å². The van der Waals surface area contributed by atoms with Gasteiger partial charge in [0.25, 0.3) is 0 Å². The molecule has 96 valence electrons. The standard InChI is InChI=1S/C16H21NO/c1-12-7-3-6-10-15(12)13(2)17-16(18)11-14-8-4-5-9-14/h3-4,6-8,10,13-14H,5,9,11H2,1-2H3,(H,17,18). The zero-order valence-corrected chi connectivity index (χ0v) is 11.1. The van der Waals surface area contributed by atoms with Crippen molar-refractivity contribution in [2.75, 3.05) is 0 Å². The van der Waals surface area contributed by atoms with Crippen LogP contribution in [0.4, 0.5) is 0 Å². The number of benzene rings is 1. The molecule has 1 aromatic rings. The highest BCUT2D eigenvalue weighted by Crippen LogP contribution is 2.21. The number of carbonyl (C=O) groups excluding carboxylic acids is 1. The maximum atomic E-state index is 11.9. The van der Waals surface area contributed by atoms with Gasteiger partial charge in [0.05, 0.1) is 6.04 Å². The van der Waals surface area contributed by atoms with Gasteiger partial charge in [-0.3, -0.25) is 4.79 Å². The summed E-state index contributed by atoms with van der Waals surface area (Å²) in [6.45, 7) is 4.13. The second-order valence-electron chi connectivity index (χ2n) is 5.12. The third-order valence-electron chi connectivity index (χ3n) is 3.59. The fourth-order valence-electron chi connectivity index (χ4n) is 2.55. The van der Waals surface area contributed by atoms with Gasteiger partial charge in [0.2, 0.25) is 5.91 Å². The van der Waals surface area contributed by atoms with Gasteiger partial charge >= 0.3 is 0 Å². The Morgan fingerprint density at radius 1 is 1.44 bits per heavy atom. The molecule has 0 radical (unpaired) electrons. The summed E-state index contributed by atoms with van der Waals surface area (Å²) in [6.07, 6.45) is 7.19. The van der Waals surface area contributed by atoms with Crippen molar-refractivity contribution in [2.45, 2.75) is 39.2 Å². The van der Waals surface area contributed by atoms with E-state index in [2.05, 4.69) is 36.5 Å². The predicted molar refractivity (Wildman–Crippen MR) is 74.2 cm³/mol. The molecule has 0 aliphatic heterocycles. The van der Waals surface area contributed by atoms with Gasteiger partial charge in [-0.25, -0.2) is 0 Å². The van der Waals surface area contributed by atoms with E-state index in [0.29, 0.717) is 12.3 Å². The Hall–Kier alpha value is -1.57. The lowest BCUT2D eigenvalue weighted by Crippen LogP contribution is -2.28. The molecule has 1 aromatic carbocycles. The predicted octanol–water partition coefficient (Wildman–Crippen LogP) is 3.53. The normalized spacial score (nSPS) is 19.8. The summed E-state index contributed by atoms with van der Waals surface area (Å²) in [7, 11) is 0. The molecule has 0 spiro atoms. The van der Waals surface area contributed by atoms with E-state index < -0.39 is 0 Å². The van der Waals surface area contributed by atoms with E-state index >= 15 is 0 Å². The minimum absolute atomic E-state index is 0.0871. The van der Waals surface area contributed by atoms with Crippen LogP contribution in [0.25, 0.3) is 0 Å². The van der Waals surface area contributed by atoms with Crippen molar-refractivity contribution in [1.29, 1.82) is 0 Å². The quantitative estimate of drug-likeness (QED) is 0.805. The van der Waals surface area contributed by atoms with Crippen molar-refractivity contribution in [2.24, 2.45) is 5.92 Å². The molecular weight excluding hydrogens is 222 g/mol. The number of allylic oxidation sites excluding steroid dienone is 2. The number of hydrogen-bond acceptors (Lipinski definition) is 1. The fraction of sp³-hybridized carbons (Fsp3) is 0.438. The van der Waals surface area contributed by atoms with Crippen LogP contribution in [0.1, 0.15) is 43.4 Å². The summed E-state index contributed by atoms with van der Waals surface area (Å²) in [5.41, 5.74) is 2.43. The number of aryl methyl sites for hydroxylation is 1. The molecule has 0 saturated heterocycles. The van der Waals surface area contributed by atoms with Crippen molar-refractivity contribution >= 4 is 5.91 Å². The number of hydrogen-bond donors (Lipinski definition) is 1. The highest BCUT2D eigenvalue weighted by molar-refractivity contribution is 5.77. The molecule has 0 saturated carbocycles. The summed E-state index contributed by atoms with van der Waals surface area (Å²) in [5.74, 6) is 0.594. The van der Waals surface area contributed by atoms with Gasteiger partial charge in [-0.2, -0.15) is 0 Å². The minimum Gasteiger partial charge on any atom is -0.350 e. The van der Waals surface area contributed by atoms with Crippen LogP contribution in [0.2, 0.25) is 0 Å². The van der Waals surface area contributed by atoms with Crippen LogP contribution in [-0.4, -0.2) is 5.91 Å². The Morgan fingerprint density at radius 2 is 2.22 bits per heavy atom. The summed E-state index contributed by atoms with van der Waals surface area (Å²) in [4.78, 5) is 11.9. The summed E-state index contributed by atoms with van der Waals surface area (Å²) in [6, 6.07) is 8.29. The molecule has 1 aliphatic carbocycles. The zero-order chi connectivity index (χ0) is 13.0. The van der Waals surface area contributed by atoms with Gasteiger partial charge < -0.3 is 5.32 Å². The van der Waals surface area contributed by atoms with Crippen LogP contribution < -0.4 is 5.32 Å². The molecular formula is C16H21NO. The van der Waals surface area contributed by atoms with Crippen molar-refractivity contribution in [3.8, 4) is 0 Å². The van der Waals surface area contributed by atoms with Crippen LogP contribution in [0.15, 0.2) is 36.4 Å². The average Bonchev–Trinajstić information content (AvgIpc) is 2.82. The Labute approximate surface area is 109 Å². The topological polar surface area (TPSA) is 29.1 Å². The molecule has 2 unspecified atom stereocenters. The number of amides is 1. The zero-order valence-electron chi connectivity index (χ0n) is 11.1.